The number of rotatable bonds is 6. The number of pyridine rings is 1. The quantitative estimate of drug-likeness (QED) is 0.672. The molecule has 1 fully saturated rings. The van der Waals surface area contributed by atoms with Gasteiger partial charge in [-0.1, -0.05) is 48.5 Å². The van der Waals surface area contributed by atoms with Crippen LogP contribution in [0.1, 0.15) is 23.1 Å². The highest BCUT2D eigenvalue weighted by atomic mass is 16.5. The number of hydrogen-bond donors (Lipinski definition) is 1. The number of benzene rings is 2. The molecule has 0 aliphatic carbocycles. The third-order valence-corrected chi connectivity index (χ3v) is 6.42. The van der Waals surface area contributed by atoms with Crippen LogP contribution in [0.4, 0.5) is 5.69 Å². The van der Waals surface area contributed by atoms with Crippen molar-refractivity contribution in [2.24, 2.45) is 0 Å². The van der Waals surface area contributed by atoms with E-state index in [1.165, 1.54) is 22.4 Å². The Balaban J connectivity index is 1.25. The van der Waals surface area contributed by atoms with E-state index in [1.807, 2.05) is 18.2 Å². The molecule has 1 saturated heterocycles. The fourth-order valence-corrected chi connectivity index (χ4v) is 4.87. The summed E-state index contributed by atoms with van der Waals surface area (Å²) in [6.07, 6.45) is 4.66. The Labute approximate surface area is 183 Å². The van der Waals surface area contributed by atoms with Gasteiger partial charge in [0.25, 0.3) is 0 Å². The second kappa shape index (κ2) is 8.52. The van der Waals surface area contributed by atoms with Gasteiger partial charge < -0.3 is 15.0 Å². The van der Waals surface area contributed by atoms with Crippen LogP contribution in [0, 0.1) is 0 Å². The molecule has 1 N–H and O–H groups in total. The third-order valence-electron chi connectivity index (χ3n) is 6.42. The lowest BCUT2D eigenvalue weighted by atomic mass is 9.80. The van der Waals surface area contributed by atoms with Crippen LogP contribution in [0.3, 0.4) is 0 Å². The Morgan fingerprint density at radius 2 is 1.81 bits per heavy atom. The first-order valence-electron chi connectivity index (χ1n) is 10.9. The molecule has 2 aliphatic rings. The average Bonchev–Trinajstić information content (AvgIpc) is 3.38. The largest absolute Gasteiger partial charge is 0.367 e. The molecule has 0 bridgehead atoms. The van der Waals surface area contributed by atoms with Gasteiger partial charge in [-0.25, -0.2) is 0 Å². The number of hydrogen-bond acceptors (Lipinski definition) is 4. The molecule has 1 aromatic heterocycles. The van der Waals surface area contributed by atoms with E-state index in [2.05, 4.69) is 63.7 Å². The summed E-state index contributed by atoms with van der Waals surface area (Å²) in [4.78, 5) is 19.3. The van der Waals surface area contributed by atoms with E-state index in [-0.39, 0.29) is 11.3 Å². The maximum Gasteiger partial charge on any atom is 0.249 e. The molecule has 1 amide bonds. The number of anilines is 1. The molecule has 5 heteroatoms. The van der Waals surface area contributed by atoms with Crippen molar-refractivity contribution in [3.8, 4) is 0 Å². The Bertz CT molecular complexity index is 1040. The summed E-state index contributed by atoms with van der Waals surface area (Å²) in [5.41, 5.74) is 4.89. The average molecular weight is 414 g/mol. The fourth-order valence-electron chi connectivity index (χ4n) is 4.87. The van der Waals surface area contributed by atoms with Gasteiger partial charge in [0, 0.05) is 43.1 Å². The minimum absolute atomic E-state index is 0.00933. The number of ether oxygens (including phenoxy) is 1. The zero-order chi connectivity index (χ0) is 21.1. The zero-order valence-electron chi connectivity index (χ0n) is 17.5. The van der Waals surface area contributed by atoms with E-state index in [9.17, 15) is 4.79 Å². The van der Waals surface area contributed by atoms with Crippen molar-refractivity contribution in [2.45, 2.75) is 30.9 Å². The summed E-state index contributed by atoms with van der Waals surface area (Å²) in [5, 5.41) is 3.06. The lowest BCUT2D eigenvalue weighted by Crippen LogP contribution is -2.38. The van der Waals surface area contributed by atoms with Gasteiger partial charge in [0.2, 0.25) is 5.91 Å². The Morgan fingerprint density at radius 3 is 2.65 bits per heavy atom. The number of para-hydroxylation sites is 1. The topological polar surface area (TPSA) is 54.5 Å². The van der Waals surface area contributed by atoms with Crippen LogP contribution in [0.25, 0.3) is 0 Å². The molecule has 0 unspecified atom stereocenters. The molecule has 2 aliphatic heterocycles. The smallest absolute Gasteiger partial charge is 0.249 e. The van der Waals surface area contributed by atoms with E-state index in [4.69, 9.17) is 4.74 Å². The number of nitrogens with zero attached hydrogens (tertiary/aromatic N) is 2. The summed E-state index contributed by atoms with van der Waals surface area (Å²) >= 11 is 0. The molecule has 3 heterocycles. The highest BCUT2D eigenvalue weighted by molar-refractivity contribution is 5.81. The van der Waals surface area contributed by atoms with Crippen LogP contribution in [-0.2, 0) is 27.9 Å². The van der Waals surface area contributed by atoms with E-state index in [0.717, 1.165) is 25.9 Å². The number of carbonyl (C=O) groups excluding carboxylic acids is 1. The molecular weight excluding hydrogens is 386 g/mol. The zero-order valence-corrected chi connectivity index (χ0v) is 17.5. The molecule has 5 rings (SSSR count). The van der Waals surface area contributed by atoms with Crippen LogP contribution < -0.4 is 10.2 Å². The summed E-state index contributed by atoms with van der Waals surface area (Å²) in [5.74, 6) is -0.00933. The molecule has 2 atom stereocenters. The van der Waals surface area contributed by atoms with Crippen molar-refractivity contribution in [2.75, 3.05) is 24.6 Å². The van der Waals surface area contributed by atoms with Crippen molar-refractivity contribution in [1.82, 2.24) is 10.3 Å². The molecule has 158 valence electrons. The van der Waals surface area contributed by atoms with E-state index in [1.54, 1.807) is 12.4 Å². The second-order valence-electron chi connectivity index (χ2n) is 8.54. The van der Waals surface area contributed by atoms with Gasteiger partial charge >= 0.3 is 0 Å². The summed E-state index contributed by atoms with van der Waals surface area (Å²) < 4.78 is 6.06. The highest BCUT2D eigenvalue weighted by Crippen LogP contribution is 2.47. The molecule has 5 nitrogen and oxygen atoms in total. The Kier molecular flexibility index (Phi) is 5.43. The lowest BCUT2D eigenvalue weighted by molar-refractivity contribution is -0.129. The normalized spacial score (nSPS) is 21.9. The second-order valence-corrected chi connectivity index (χ2v) is 8.54. The molecule has 3 aromatic rings. The first kappa shape index (κ1) is 19.8. The molecular formula is C26H27N3O2. The van der Waals surface area contributed by atoms with Gasteiger partial charge in [-0.2, -0.15) is 0 Å². The summed E-state index contributed by atoms with van der Waals surface area (Å²) in [6.45, 7) is 2.93. The van der Waals surface area contributed by atoms with E-state index < -0.39 is 6.10 Å². The number of nitrogens with one attached hydrogen (secondary N) is 1. The van der Waals surface area contributed by atoms with Crippen LogP contribution in [-0.4, -0.2) is 36.7 Å². The first-order chi connectivity index (χ1) is 15.2. The Hall–Kier alpha value is -3.18. The van der Waals surface area contributed by atoms with Crippen molar-refractivity contribution in [3.63, 3.8) is 0 Å². The molecule has 0 saturated carbocycles. The van der Waals surface area contributed by atoms with Gasteiger partial charge in [-0.15, -0.1) is 0 Å². The SMILES string of the molecule is O=C(NCCc1ccncc1)[C@H]1C[C@]2(CO1)CN(Cc1ccccc1)c1ccccc12. The highest BCUT2D eigenvalue weighted by Gasteiger charge is 2.50. The van der Waals surface area contributed by atoms with Crippen molar-refractivity contribution in [3.05, 3.63) is 95.8 Å². The van der Waals surface area contributed by atoms with Crippen LogP contribution in [0.2, 0.25) is 0 Å². The van der Waals surface area contributed by atoms with Gasteiger partial charge in [-0.05, 0) is 47.7 Å². The molecule has 1 spiro atoms. The number of amides is 1. The maximum absolute atomic E-state index is 12.8. The Morgan fingerprint density at radius 1 is 1.03 bits per heavy atom. The predicted molar refractivity (Wildman–Crippen MR) is 121 cm³/mol. The van der Waals surface area contributed by atoms with E-state index >= 15 is 0 Å². The van der Waals surface area contributed by atoms with Crippen LogP contribution in [0.15, 0.2) is 79.1 Å². The van der Waals surface area contributed by atoms with Crippen molar-refractivity contribution in [1.29, 1.82) is 0 Å². The fraction of sp³-hybridized carbons (Fsp3) is 0.308. The first-order valence-corrected chi connectivity index (χ1v) is 10.9. The number of carbonyl (C=O) groups is 1. The van der Waals surface area contributed by atoms with Gasteiger partial charge in [0.15, 0.2) is 0 Å². The monoisotopic (exact) mass is 413 g/mol. The molecule has 0 radical (unpaired) electrons. The minimum atomic E-state index is -0.401. The third kappa shape index (κ3) is 4.06. The minimum Gasteiger partial charge on any atom is -0.367 e. The predicted octanol–water partition coefficient (Wildman–Crippen LogP) is 3.49. The van der Waals surface area contributed by atoms with Gasteiger partial charge in [-0.3, -0.25) is 9.78 Å². The van der Waals surface area contributed by atoms with Crippen LogP contribution in [0.5, 0.6) is 0 Å². The lowest BCUT2D eigenvalue weighted by Gasteiger charge is -2.24. The van der Waals surface area contributed by atoms with Gasteiger partial charge in [0.1, 0.15) is 6.10 Å². The molecule has 31 heavy (non-hydrogen) atoms. The summed E-state index contributed by atoms with van der Waals surface area (Å²) in [7, 11) is 0. The van der Waals surface area contributed by atoms with Crippen LogP contribution >= 0.6 is 0 Å². The number of aromatic nitrogens is 1. The summed E-state index contributed by atoms with van der Waals surface area (Å²) in [6, 6.07) is 23.1. The molecule has 2 aromatic carbocycles. The van der Waals surface area contributed by atoms with Gasteiger partial charge in [0.05, 0.1) is 6.61 Å². The van der Waals surface area contributed by atoms with Crippen molar-refractivity contribution < 1.29 is 9.53 Å². The van der Waals surface area contributed by atoms with E-state index in [0.29, 0.717) is 13.2 Å². The maximum atomic E-state index is 12.8. The van der Waals surface area contributed by atoms with Crippen molar-refractivity contribution >= 4 is 11.6 Å². The number of fused-ring (bicyclic) bond motifs is 2. The standard InChI is InChI=1S/C26H27N3O2/c30-25(28-15-12-20-10-13-27-14-11-20)24-16-26(19-31-24)18-29(17-21-6-2-1-3-7-21)23-9-5-4-8-22(23)26/h1-11,13-14,24H,12,15-19H2,(H,28,30)/t24-,26-/m1/s1.